The van der Waals surface area contributed by atoms with E-state index >= 15 is 0 Å². The van der Waals surface area contributed by atoms with Gasteiger partial charge in [0.05, 0.1) is 30.7 Å². The summed E-state index contributed by atoms with van der Waals surface area (Å²) in [5, 5.41) is 29.4. The van der Waals surface area contributed by atoms with Gasteiger partial charge >= 0.3 is 12.2 Å². The fraction of sp³-hybridized carbons (Fsp3) is 0.420. The molecule has 0 aromatic heterocycles. The standard InChI is InChI=1S/C50H58ClN3O9/c1-3-27-61-50-45(54(49(58)60-28-24-51)33-37-19-13-18-35-16-7-8-20-39(35)37)31-43(53-59-2)41-29-36(17-9-11-25-55)40(21-10-12-26-56)46(47(41)50)42-30-38(22-23-44(42)63-50)62-48(57)52-32-34-14-5-4-6-15-34/h3-8,13-16,18-20,22-23,29-30,36,40,45-47,55-56H,1,9-12,17,21,24-28,31-33H2,2H3,(H,52,57). The number of ether oxygens (including phenoxy) is 4. The van der Waals surface area contributed by atoms with E-state index in [0.717, 1.165) is 58.7 Å². The monoisotopic (exact) mass is 879 g/mol. The second-order valence-electron chi connectivity index (χ2n) is 16.3. The highest BCUT2D eigenvalue weighted by molar-refractivity contribution is 6.18. The molecule has 3 aliphatic rings. The van der Waals surface area contributed by atoms with Gasteiger partial charge in [-0.15, -0.1) is 18.2 Å². The number of aliphatic hydroxyl groups excluding tert-OH is 2. The van der Waals surface area contributed by atoms with Crippen molar-refractivity contribution in [2.45, 2.75) is 75.8 Å². The van der Waals surface area contributed by atoms with Crippen LogP contribution >= 0.6 is 11.6 Å². The number of nitrogens with zero attached hydrogens (tertiary/aromatic N) is 2. The number of hydrogen-bond acceptors (Lipinski definition) is 10. The zero-order valence-electron chi connectivity index (χ0n) is 35.8. The second kappa shape index (κ2) is 21.8. The van der Waals surface area contributed by atoms with Gasteiger partial charge in [0.2, 0.25) is 5.79 Å². The van der Waals surface area contributed by atoms with Gasteiger partial charge in [0, 0.05) is 37.7 Å². The first-order valence-corrected chi connectivity index (χ1v) is 22.5. The molecule has 6 unspecified atom stereocenters. The molecule has 0 spiro atoms. The van der Waals surface area contributed by atoms with Gasteiger partial charge in [0.15, 0.2) is 0 Å². The molecule has 334 valence electrons. The molecule has 12 nitrogen and oxygen atoms in total. The lowest BCUT2D eigenvalue weighted by molar-refractivity contribution is -0.256. The third kappa shape index (κ3) is 10.2. The van der Waals surface area contributed by atoms with Gasteiger partial charge in [0.1, 0.15) is 31.3 Å². The van der Waals surface area contributed by atoms with Crippen LogP contribution < -0.4 is 14.8 Å². The summed E-state index contributed by atoms with van der Waals surface area (Å²) in [6.07, 6.45) is 7.28. The normalized spacial score (nSPS) is 22.8. The summed E-state index contributed by atoms with van der Waals surface area (Å²) >= 11 is 6.12. The maximum atomic E-state index is 14.6. The number of unbranched alkanes of at least 4 members (excludes halogenated alkanes) is 2. The molecule has 2 aliphatic carbocycles. The molecule has 1 fully saturated rings. The van der Waals surface area contributed by atoms with Crippen molar-refractivity contribution in [3.8, 4) is 11.5 Å². The Morgan fingerprint density at radius 2 is 1.75 bits per heavy atom. The van der Waals surface area contributed by atoms with Crippen LogP contribution in [0.1, 0.15) is 67.6 Å². The van der Waals surface area contributed by atoms with E-state index in [2.05, 4.69) is 23.1 Å². The second-order valence-corrected chi connectivity index (χ2v) is 16.6. The molecule has 13 heteroatoms. The summed E-state index contributed by atoms with van der Waals surface area (Å²) in [4.78, 5) is 35.2. The average molecular weight is 880 g/mol. The lowest BCUT2D eigenvalue weighted by Gasteiger charge is -2.59. The molecule has 0 bridgehead atoms. The molecule has 6 atom stereocenters. The van der Waals surface area contributed by atoms with Gasteiger partial charge in [-0.2, -0.15) is 0 Å². The SMILES string of the molecule is C=CCOC12Oc3ccc(OC(=O)NCc4ccccc4)cc3C3C(CCCCO)C(CCCCO)C=C(C(=NOC)CC1N(Cc1cccc4ccccc14)C(=O)OCCCl)C32. The Morgan fingerprint density at radius 3 is 2.51 bits per heavy atom. The van der Waals surface area contributed by atoms with Crippen LogP contribution in [0.5, 0.6) is 11.5 Å². The molecular weight excluding hydrogens is 822 g/mol. The van der Waals surface area contributed by atoms with Crippen molar-refractivity contribution in [3.63, 3.8) is 0 Å². The number of fused-ring (bicyclic) bond motifs is 3. The molecule has 4 aromatic rings. The number of halogens is 1. The molecule has 1 saturated carbocycles. The Balaban J connectivity index is 1.40. The van der Waals surface area contributed by atoms with Crippen molar-refractivity contribution in [2.75, 3.05) is 39.4 Å². The van der Waals surface area contributed by atoms with E-state index in [0.29, 0.717) is 36.6 Å². The number of rotatable bonds is 20. The van der Waals surface area contributed by atoms with E-state index in [1.54, 1.807) is 17.0 Å². The number of carbonyl (C=O) groups is 2. The van der Waals surface area contributed by atoms with Crippen LogP contribution in [-0.2, 0) is 27.4 Å². The molecule has 2 amide bonds. The number of alkyl halides is 1. The maximum absolute atomic E-state index is 14.6. The average Bonchev–Trinajstić information content (AvgIpc) is 3.30. The van der Waals surface area contributed by atoms with Gasteiger partial charge < -0.3 is 39.3 Å². The third-order valence-corrected chi connectivity index (χ3v) is 12.6. The van der Waals surface area contributed by atoms with Crippen LogP contribution in [0.25, 0.3) is 10.8 Å². The zero-order valence-corrected chi connectivity index (χ0v) is 36.6. The molecule has 7 rings (SSSR count). The molecular formula is C50H58ClN3O9. The van der Waals surface area contributed by atoms with Crippen LogP contribution in [0.2, 0.25) is 0 Å². The Kier molecular flexibility index (Phi) is 15.8. The first kappa shape index (κ1) is 45.6. The van der Waals surface area contributed by atoms with Crippen molar-refractivity contribution >= 4 is 40.3 Å². The van der Waals surface area contributed by atoms with Gasteiger partial charge in [-0.25, -0.2) is 9.59 Å². The number of nitrogens with one attached hydrogen (secondary N) is 1. The predicted molar refractivity (Wildman–Crippen MR) is 243 cm³/mol. The minimum atomic E-state index is -1.52. The van der Waals surface area contributed by atoms with Crippen molar-refractivity contribution in [1.29, 1.82) is 0 Å². The first-order chi connectivity index (χ1) is 30.8. The molecule has 63 heavy (non-hydrogen) atoms. The Labute approximate surface area is 374 Å². The minimum absolute atomic E-state index is 0.0102. The lowest BCUT2D eigenvalue weighted by atomic mass is 9.55. The number of allylic oxidation sites excluding steroid dienone is 1. The van der Waals surface area contributed by atoms with Gasteiger partial charge in [-0.1, -0.05) is 103 Å². The molecule has 4 aromatic carbocycles. The molecule has 1 aliphatic heterocycles. The summed E-state index contributed by atoms with van der Waals surface area (Å²) in [5.74, 6) is -1.45. The van der Waals surface area contributed by atoms with E-state index in [1.165, 1.54) is 7.11 Å². The van der Waals surface area contributed by atoms with E-state index in [1.807, 2.05) is 84.9 Å². The maximum Gasteiger partial charge on any atom is 0.412 e. The van der Waals surface area contributed by atoms with Crippen LogP contribution in [-0.4, -0.2) is 84.3 Å². The summed E-state index contributed by atoms with van der Waals surface area (Å²) in [5.41, 5.74) is 4.18. The summed E-state index contributed by atoms with van der Waals surface area (Å²) in [7, 11) is 1.51. The lowest BCUT2D eigenvalue weighted by Crippen LogP contribution is -2.70. The quantitative estimate of drug-likeness (QED) is 0.0342. The highest BCUT2D eigenvalue weighted by atomic mass is 35.5. The van der Waals surface area contributed by atoms with Crippen molar-refractivity contribution in [2.24, 2.45) is 22.9 Å². The summed E-state index contributed by atoms with van der Waals surface area (Å²) < 4.78 is 26.2. The van der Waals surface area contributed by atoms with Crippen molar-refractivity contribution in [3.05, 3.63) is 132 Å². The zero-order chi connectivity index (χ0) is 44.2. The molecule has 0 radical (unpaired) electrons. The fourth-order valence-corrected chi connectivity index (χ4v) is 9.94. The van der Waals surface area contributed by atoms with Crippen molar-refractivity contribution in [1.82, 2.24) is 10.2 Å². The number of aliphatic hydroxyl groups is 2. The number of amides is 2. The first-order valence-electron chi connectivity index (χ1n) is 21.9. The largest absolute Gasteiger partial charge is 0.459 e. The van der Waals surface area contributed by atoms with E-state index in [-0.39, 0.29) is 63.0 Å². The summed E-state index contributed by atoms with van der Waals surface area (Å²) in [6, 6.07) is 28.2. The highest BCUT2D eigenvalue weighted by Crippen LogP contribution is 2.62. The Hall–Kier alpha value is -5.40. The smallest absolute Gasteiger partial charge is 0.412 e. The van der Waals surface area contributed by atoms with Crippen LogP contribution in [0, 0.1) is 17.8 Å². The molecule has 0 saturated heterocycles. The van der Waals surface area contributed by atoms with E-state index < -0.39 is 29.9 Å². The Bertz CT molecular complexity index is 2250. The third-order valence-electron chi connectivity index (χ3n) is 12.5. The fourth-order valence-electron chi connectivity index (χ4n) is 9.86. The van der Waals surface area contributed by atoms with Crippen LogP contribution in [0.15, 0.2) is 120 Å². The summed E-state index contributed by atoms with van der Waals surface area (Å²) in [6.45, 7) is 4.68. The number of benzene rings is 4. The van der Waals surface area contributed by atoms with Crippen molar-refractivity contribution < 1.29 is 43.6 Å². The number of carbonyl (C=O) groups excluding carboxylic acids is 2. The van der Waals surface area contributed by atoms with Gasteiger partial charge in [-0.05, 0) is 83.2 Å². The highest BCUT2D eigenvalue weighted by Gasteiger charge is 2.65. The predicted octanol–water partition coefficient (Wildman–Crippen LogP) is 9.27. The minimum Gasteiger partial charge on any atom is -0.459 e. The molecule has 3 N–H and O–H groups in total. The van der Waals surface area contributed by atoms with E-state index in [4.69, 9.17) is 35.4 Å². The van der Waals surface area contributed by atoms with Gasteiger partial charge in [0.25, 0.3) is 0 Å². The number of hydrogen-bond donors (Lipinski definition) is 3. The topological polar surface area (TPSA) is 148 Å². The number of oxime groups is 1. The molecule has 1 heterocycles. The van der Waals surface area contributed by atoms with Gasteiger partial charge in [-0.3, -0.25) is 4.90 Å². The van der Waals surface area contributed by atoms with Crippen LogP contribution in [0.4, 0.5) is 9.59 Å². The van der Waals surface area contributed by atoms with E-state index in [9.17, 15) is 19.8 Å². The Morgan fingerprint density at radius 1 is 0.984 bits per heavy atom. The van der Waals surface area contributed by atoms with Crippen LogP contribution in [0.3, 0.4) is 0 Å².